The molecule has 0 aliphatic carbocycles. The fraction of sp³-hybridized carbons (Fsp3) is 0.267. The highest BCUT2D eigenvalue weighted by Crippen LogP contribution is 2.15. The lowest BCUT2D eigenvalue weighted by Gasteiger charge is -2.08. The van der Waals surface area contributed by atoms with E-state index in [2.05, 4.69) is 34.6 Å². The van der Waals surface area contributed by atoms with Crippen LogP contribution in [-0.2, 0) is 6.42 Å². The second-order valence-electron chi connectivity index (χ2n) is 4.47. The number of hydrogen-bond acceptors (Lipinski definition) is 3. The first kappa shape index (κ1) is 12.4. The number of aryl methyl sites for hydroxylation is 2. The van der Waals surface area contributed by atoms with Crippen LogP contribution < -0.4 is 11.1 Å². The van der Waals surface area contributed by atoms with E-state index in [-0.39, 0.29) is 0 Å². The van der Waals surface area contributed by atoms with Crippen molar-refractivity contribution in [2.45, 2.75) is 19.8 Å². The van der Waals surface area contributed by atoms with Crippen molar-refractivity contribution in [3.05, 3.63) is 53.7 Å². The molecule has 0 unspecified atom stereocenters. The van der Waals surface area contributed by atoms with Crippen LogP contribution >= 0.6 is 0 Å². The zero-order valence-electron chi connectivity index (χ0n) is 10.7. The molecule has 0 atom stereocenters. The summed E-state index contributed by atoms with van der Waals surface area (Å²) in [5.41, 5.74) is 9.06. The van der Waals surface area contributed by atoms with Crippen molar-refractivity contribution in [3.63, 3.8) is 0 Å². The van der Waals surface area contributed by atoms with Crippen LogP contribution in [0.4, 0.5) is 11.5 Å². The Kier molecular flexibility index (Phi) is 4.18. The maximum absolute atomic E-state index is 5.89. The molecular weight excluding hydrogens is 222 g/mol. The summed E-state index contributed by atoms with van der Waals surface area (Å²) in [7, 11) is 0. The minimum absolute atomic E-state index is 0.717. The van der Waals surface area contributed by atoms with Crippen LogP contribution in [0.25, 0.3) is 0 Å². The standard InChI is InChI=1S/C15H19N3/c1-12-10-14(16)15(18-11-12)17-9-5-8-13-6-3-2-4-7-13/h2-4,6-7,10-11H,5,8-9,16H2,1H3,(H,17,18). The van der Waals surface area contributed by atoms with Gasteiger partial charge in [0, 0.05) is 12.7 Å². The highest BCUT2D eigenvalue weighted by atomic mass is 15.0. The molecule has 0 fully saturated rings. The van der Waals surface area contributed by atoms with Gasteiger partial charge >= 0.3 is 0 Å². The van der Waals surface area contributed by atoms with E-state index in [0.29, 0.717) is 0 Å². The Bertz CT molecular complexity index is 494. The molecule has 3 N–H and O–H groups in total. The number of nitrogen functional groups attached to an aromatic ring is 1. The van der Waals surface area contributed by atoms with Crippen LogP contribution in [-0.4, -0.2) is 11.5 Å². The van der Waals surface area contributed by atoms with Gasteiger partial charge in [-0.15, -0.1) is 0 Å². The van der Waals surface area contributed by atoms with E-state index in [9.17, 15) is 0 Å². The predicted octanol–water partition coefficient (Wildman–Crippen LogP) is 3.02. The van der Waals surface area contributed by atoms with Crippen LogP contribution in [0.5, 0.6) is 0 Å². The van der Waals surface area contributed by atoms with Gasteiger partial charge < -0.3 is 11.1 Å². The first-order valence-corrected chi connectivity index (χ1v) is 6.25. The average molecular weight is 241 g/mol. The molecule has 0 saturated carbocycles. The molecule has 2 rings (SSSR count). The van der Waals surface area contributed by atoms with Gasteiger partial charge in [0.25, 0.3) is 0 Å². The first-order chi connectivity index (χ1) is 8.75. The summed E-state index contributed by atoms with van der Waals surface area (Å²) in [6.07, 6.45) is 3.97. The molecule has 3 nitrogen and oxygen atoms in total. The topological polar surface area (TPSA) is 50.9 Å². The predicted molar refractivity (Wildman–Crippen MR) is 76.6 cm³/mol. The molecule has 94 valence electrons. The highest BCUT2D eigenvalue weighted by molar-refractivity contribution is 5.61. The van der Waals surface area contributed by atoms with Crippen LogP contribution in [0.3, 0.4) is 0 Å². The number of pyridine rings is 1. The van der Waals surface area contributed by atoms with Gasteiger partial charge in [-0.1, -0.05) is 30.3 Å². The molecular formula is C15H19N3. The number of rotatable bonds is 5. The van der Waals surface area contributed by atoms with E-state index in [1.54, 1.807) is 0 Å². The molecule has 0 saturated heterocycles. The molecule has 18 heavy (non-hydrogen) atoms. The maximum Gasteiger partial charge on any atom is 0.149 e. The fourth-order valence-electron chi connectivity index (χ4n) is 1.88. The Labute approximate surface area is 108 Å². The number of hydrogen-bond donors (Lipinski definition) is 2. The van der Waals surface area contributed by atoms with Gasteiger partial charge in [-0.2, -0.15) is 0 Å². The maximum atomic E-state index is 5.89. The summed E-state index contributed by atoms with van der Waals surface area (Å²) in [5, 5.41) is 3.27. The molecule has 0 aliphatic heterocycles. The summed E-state index contributed by atoms with van der Waals surface area (Å²) in [6.45, 7) is 2.87. The number of nitrogens with two attached hydrogens (primary N) is 1. The lowest BCUT2D eigenvalue weighted by molar-refractivity contribution is 0.859. The molecule has 0 aliphatic rings. The normalized spacial score (nSPS) is 10.3. The molecule has 0 amide bonds. The average Bonchev–Trinajstić information content (AvgIpc) is 2.38. The number of anilines is 2. The van der Waals surface area contributed by atoms with Crippen LogP contribution in [0.2, 0.25) is 0 Å². The Morgan fingerprint density at radius 3 is 2.72 bits per heavy atom. The minimum atomic E-state index is 0.717. The monoisotopic (exact) mass is 241 g/mol. The molecule has 1 heterocycles. The minimum Gasteiger partial charge on any atom is -0.396 e. The van der Waals surface area contributed by atoms with Crippen molar-refractivity contribution in [1.29, 1.82) is 0 Å². The third-order valence-corrected chi connectivity index (χ3v) is 2.83. The quantitative estimate of drug-likeness (QED) is 0.791. The summed E-state index contributed by atoms with van der Waals surface area (Å²) in [4.78, 5) is 4.29. The van der Waals surface area contributed by atoms with Gasteiger partial charge in [-0.3, -0.25) is 0 Å². The largest absolute Gasteiger partial charge is 0.396 e. The number of nitrogens with one attached hydrogen (secondary N) is 1. The third kappa shape index (κ3) is 3.48. The molecule has 0 bridgehead atoms. The summed E-state index contributed by atoms with van der Waals surface area (Å²) < 4.78 is 0. The van der Waals surface area contributed by atoms with Crippen molar-refractivity contribution in [1.82, 2.24) is 4.98 Å². The van der Waals surface area contributed by atoms with E-state index < -0.39 is 0 Å². The van der Waals surface area contributed by atoms with Crippen LogP contribution in [0.15, 0.2) is 42.6 Å². The van der Waals surface area contributed by atoms with Crippen molar-refractivity contribution < 1.29 is 0 Å². The van der Waals surface area contributed by atoms with Crippen LogP contribution in [0.1, 0.15) is 17.5 Å². The SMILES string of the molecule is Cc1cnc(NCCCc2ccccc2)c(N)c1. The molecule has 2 aromatic rings. The van der Waals surface area contributed by atoms with Gasteiger partial charge in [-0.25, -0.2) is 4.98 Å². The van der Waals surface area contributed by atoms with Crippen molar-refractivity contribution in [2.75, 3.05) is 17.6 Å². The van der Waals surface area contributed by atoms with E-state index in [1.165, 1.54) is 5.56 Å². The second kappa shape index (κ2) is 6.05. The summed E-state index contributed by atoms with van der Waals surface area (Å²) >= 11 is 0. The fourth-order valence-corrected chi connectivity index (χ4v) is 1.88. The van der Waals surface area contributed by atoms with Gasteiger partial charge in [-0.05, 0) is 37.0 Å². The van der Waals surface area contributed by atoms with E-state index in [1.807, 2.05) is 25.3 Å². The first-order valence-electron chi connectivity index (χ1n) is 6.25. The van der Waals surface area contributed by atoms with Gasteiger partial charge in [0.05, 0.1) is 5.69 Å². The zero-order valence-corrected chi connectivity index (χ0v) is 10.7. The Morgan fingerprint density at radius 1 is 1.22 bits per heavy atom. The Morgan fingerprint density at radius 2 is 2.00 bits per heavy atom. The number of aromatic nitrogens is 1. The Balaban J connectivity index is 1.79. The molecule has 1 aromatic carbocycles. The smallest absolute Gasteiger partial charge is 0.149 e. The molecule has 0 radical (unpaired) electrons. The van der Waals surface area contributed by atoms with Gasteiger partial charge in [0.15, 0.2) is 0 Å². The summed E-state index contributed by atoms with van der Waals surface area (Å²) in [6, 6.07) is 12.4. The number of nitrogens with zero attached hydrogens (tertiary/aromatic N) is 1. The third-order valence-electron chi connectivity index (χ3n) is 2.83. The lowest BCUT2D eigenvalue weighted by atomic mass is 10.1. The molecule has 1 aromatic heterocycles. The summed E-state index contributed by atoms with van der Waals surface area (Å²) in [5.74, 6) is 0.786. The van der Waals surface area contributed by atoms with Crippen molar-refractivity contribution >= 4 is 11.5 Å². The van der Waals surface area contributed by atoms with Crippen LogP contribution in [0, 0.1) is 6.92 Å². The van der Waals surface area contributed by atoms with Gasteiger partial charge in [0.2, 0.25) is 0 Å². The molecule has 3 heteroatoms. The van der Waals surface area contributed by atoms with E-state index in [0.717, 1.165) is 36.5 Å². The van der Waals surface area contributed by atoms with Crippen molar-refractivity contribution in [3.8, 4) is 0 Å². The lowest BCUT2D eigenvalue weighted by Crippen LogP contribution is -2.07. The Hall–Kier alpha value is -2.03. The number of benzene rings is 1. The zero-order chi connectivity index (χ0) is 12.8. The highest BCUT2D eigenvalue weighted by Gasteiger charge is 1.99. The van der Waals surface area contributed by atoms with Crippen molar-refractivity contribution in [2.24, 2.45) is 0 Å². The second-order valence-corrected chi connectivity index (χ2v) is 4.47. The van der Waals surface area contributed by atoms with Gasteiger partial charge in [0.1, 0.15) is 5.82 Å². The van der Waals surface area contributed by atoms with E-state index >= 15 is 0 Å². The molecule has 0 spiro atoms. The van der Waals surface area contributed by atoms with E-state index in [4.69, 9.17) is 5.73 Å².